The molecule has 4 N–H and O–H groups in total. The summed E-state index contributed by atoms with van der Waals surface area (Å²) in [5, 5.41) is 32.0. The van der Waals surface area contributed by atoms with Crippen LogP contribution in [0.15, 0.2) is 49.6 Å². The largest absolute Gasteiger partial charge is 0.478 e. The third-order valence-corrected chi connectivity index (χ3v) is 1.79. The quantitative estimate of drug-likeness (QED) is 0.230. The topological polar surface area (TPSA) is 141 Å². The molecule has 0 aliphatic heterocycles. The van der Waals surface area contributed by atoms with Crippen molar-refractivity contribution >= 4 is 17.9 Å². The molecular formula is C18H30O8. The number of esters is 1. The molecule has 0 saturated carbocycles. The van der Waals surface area contributed by atoms with Gasteiger partial charge >= 0.3 is 17.9 Å². The number of hydrogen-bond donors (Lipinski definition) is 4. The first-order valence-electron chi connectivity index (χ1n) is 7.40. The fourth-order valence-electron chi connectivity index (χ4n) is 0.458. The van der Waals surface area contributed by atoms with E-state index in [2.05, 4.69) is 31.1 Å². The molecule has 0 aliphatic carbocycles. The average Bonchev–Trinajstić information content (AvgIpc) is 2.53. The average molecular weight is 374 g/mol. The Balaban J connectivity index is -0.000000125. The minimum absolute atomic E-state index is 0.176. The highest BCUT2D eigenvalue weighted by molar-refractivity contribution is 5.85. The van der Waals surface area contributed by atoms with E-state index in [9.17, 15) is 14.4 Å². The first-order chi connectivity index (χ1) is 11.9. The number of aliphatic hydroxyl groups is 2. The fraction of sp³-hybridized carbons (Fsp3) is 0.389. The van der Waals surface area contributed by atoms with Crippen LogP contribution < -0.4 is 0 Å². The molecule has 0 saturated heterocycles. The molecular weight excluding hydrogens is 344 g/mol. The number of aliphatic carboxylic acids is 2. The Morgan fingerprint density at radius 1 is 1.00 bits per heavy atom. The Labute approximate surface area is 154 Å². The van der Waals surface area contributed by atoms with E-state index < -0.39 is 24.2 Å². The van der Waals surface area contributed by atoms with E-state index in [-0.39, 0.29) is 17.8 Å². The number of hydrogen-bond acceptors (Lipinski definition) is 6. The summed E-state index contributed by atoms with van der Waals surface area (Å²) in [5.74, 6) is -2.28. The lowest BCUT2D eigenvalue weighted by Gasteiger charge is -1.94. The van der Waals surface area contributed by atoms with Gasteiger partial charge in [-0.1, -0.05) is 45.7 Å². The Bertz CT molecular complexity index is 416. The normalized spacial score (nSPS) is 8.08. The number of ether oxygens (including phenoxy) is 1. The van der Waals surface area contributed by atoms with Crippen LogP contribution in [-0.2, 0) is 19.1 Å². The fourth-order valence-corrected chi connectivity index (χ4v) is 0.458. The van der Waals surface area contributed by atoms with Gasteiger partial charge < -0.3 is 25.2 Å². The van der Waals surface area contributed by atoms with Crippen LogP contribution in [0.5, 0.6) is 0 Å². The molecule has 0 radical (unpaired) electrons. The monoisotopic (exact) mass is 374 g/mol. The molecule has 26 heavy (non-hydrogen) atoms. The van der Waals surface area contributed by atoms with Crippen molar-refractivity contribution < 1.29 is 39.5 Å². The molecule has 8 heteroatoms. The second-order valence-corrected chi connectivity index (χ2v) is 4.56. The first-order valence-corrected chi connectivity index (χ1v) is 7.40. The van der Waals surface area contributed by atoms with Gasteiger partial charge in [0.25, 0.3) is 0 Å². The Morgan fingerprint density at radius 2 is 1.35 bits per heavy atom. The lowest BCUT2D eigenvalue weighted by molar-refractivity contribution is -0.136. The predicted octanol–water partition coefficient (Wildman–Crippen LogP) is 2.29. The van der Waals surface area contributed by atoms with E-state index in [1.54, 1.807) is 0 Å². The van der Waals surface area contributed by atoms with Crippen molar-refractivity contribution in [2.45, 2.75) is 39.9 Å². The van der Waals surface area contributed by atoms with Crippen LogP contribution >= 0.6 is 0 Å². The molecule has 150 valence electrons. The second kappa shape index (κ2) is 22.3. The maximum absolute atomic E-state index is 10.2. The van der Waals surface area contributed by atoms with E-state index in [0.717, 1.165) is 12.5 Å². The van der Waals surface area contributed by atoms with E-state index in [1.807, 2.05) is 6.92 Å². The number of carboxylic acids is 2. The van der Waals surface area contributed by atoms with E-state index >= 15 is 0 Å². The second-order valence-electron chi connectivity index (χ2n) is 4.56. The molecule has 0 bridgehead atoms. The highest BCUT2D eigenvalue weighted by Crippen LogP contribution is 1.88. The van der Waals surface area contributed by atoms with Crippen molar-refractivity contribution in [3.8, 4) is 0 Å². The van der Waals surface area contributed by atoms with Gasteiger partial charge in [0.2, 0.25) is 0 Å². The van der Waals surface area contributed by atoms with Crippen LogP contribution in [0, 0.1) is 0 Å². The minimum atomic E-state index is -1.10. The summed E-state index contributed by atoms with van der Waals surface area (Å²) >= 11 is 0. The van der Waals surface area contributed by atoms with Gasteiger partial charge in [-0.15, -0.1) is 0 Å². The van der Waals surface area contributed by atoms with Gasteiger partial charge in [0, 0.05) is 17.2 Å². The molecule has 0 fully saturated rings. The van der Waals surface area contributed by atoms with Gasteiger partial charge in [0.15, 0.2) is 6.29 Å². The standard InChI is InChI=1S/C6H8O2.2C4H6O2.C4H10O2/c1-3-5-8-6(7)4-2;2*1-3(2)4(5)6;1-2-3-4(5)6/h3-4H,1-2,5H2;2*1H2,2H3,(H,5,6);4-6H,2-3H2,1H3. The maximum atomic E-state index is 10.2. The number of aliphatic hydroxyl groups excluding tert-OH is 1. The van der Waals surface area contributed by atoms with Crippen LogP contribution in [0.1, 0.15) is 33.6 Å². The van der Waals surface area contributed by atoms with Crippen LogP contribution in [0.3, 0.4) is 0 Å². The van der Waals surface area contributed by atoms with Gasteiger partial charge in [-0.3, -0.25) is 0 Å². The molecule has 0 aromatic heterocycles. The SMILES string of the molecule is C=C(C)C(=O)O.C=C(C)C(=O)O.C=CCOC(=O)C=C.CCCC(O)O. The van der Waals surface area contributed by atoms with E-state index in [1.165, 1.54) is 19.9 Å². The minimum Gasteiger partial charge on any atom is -0.478 e. The van der Waals surface area contributed by atoms with Crippen molar-refractivity contribution in [1.29, 1.82) is 0 Å². The van der Waals surface area contributed by atoms with Crippen molar-refractivity contribution in [2.24, 2.45) is 0 Å². The van der Waals surface area contributed by atoms with Gasteiger partial charge in [0.1, 0.15) is 6.61 Å². The summed E-state index contributed by atoms with van der Waals surface area (Å²) in [6, 6.07) is 0. The summed E-state index contributed by atoms with van der Waals surface area (Å²) < 4.78 is 4.47. The molecule has 0 rings (SSSR count). The zero-order valence-corrected chi connectivity index (χ0v) is 15.6. The van der Waals surface area contributed by atoms with Crippen molar-refractivity contribution in [3.05, 3.63) is 49.6 Å². The highest BCUT2D eigenvalue weighted by Gasteiger charge is 1.91. The van der Waals surface area contributed by atoms with Crippen LogP contribution in [0.2, 0.25) is 0 Å². The molecule has 0 aliphatic rings. The van der Waals surface area contributed by atoms with E-state index in [0.29, 0.717) is 6.42 Å². The van der Waals surface area contributed by atoms with Gasteiger partial charge in [-0.25, -0.2) is 14.4 Å². The van der Waals surface area contributed by atoms with Gasteiger partial charge in [-0.05, 0) is 20.3 Å². The summed E-state index contributed by atoms with van der Waals surface area (Å²) in [7, 11) is 0. The van der Waals surface area contributed by atoms with Crippen molar-refractivity contribution in [2.75, 3.05) is 6.61 Å². The van der Waals surface area contributed by atoms with Crippen molar-refractivity contribution in [3.63, 3.8) is 0 Å². The molecule has 0 spiro atoms. The third-order valence-electron chi connectivity index (χ3n) is 1.79. The smallest absolute Gasteiger partial charge is 0.330 e. The molecule has 0 amide bonds. The van der Waals surface area contributed by atoms with Crippen molar-refractivity contribution in [1.82, 2.24) is 0 Å². The molecule has 0 unspecified atom stereocenters. The van der Waals surface area contributed by atoms with Crippen LogP contribution in [-0.4, -0.2) is 51.2 Å². The number of carbonyl (C=O) groups excluding carboxylic acids is 1. The summed E-state index contributed by atoms with van der Waals surface area (Å²) in [4.78, 5) is 29.4. The number of rotatable bonds is 7. The zero-order valence-electron chi connectivity index (χ0n) is 15.6. The summed E-state index contributed by atoms with van der Waals surface area (Å²) in [5.41, 5.74) is 0.352. The summed E-state index contributed by atoms with van der Waals surface area (Å²) in [6.45, 7) is 17.9. The molecule has 0 aromatic carbocycles. The Hall–Kier alpha value is -2.71. The lowest BCUT2D eigenvalue weighted by Crippen LogP contribution is -2.01. The summed E-state index contributed by atoms with van der Waals surface area (Å²) in [6.07, 6.45) is 2.83. The predicted molar refractivity (Wildman–Crippen MR) is 99.4 cm³/mol. The molecule has 0 aromatic rings. The number of carboxylic acid groups (broad SMARTS) is 2. The lowest BCUT2D eigenvalue weighted by atomic mass is 10.3. The first kappa shape index (κ1) is 31.1. The Morgan fingerprint density at radius 3 is 1.46 bits per heavy atom. The molecule has 0 atom stereocenters. The van der Waals surface area contributed by atoms with Gasteiger partial charge in [-0.2, -0.15) is 0 Å². The maximum Gasteiger partial charge on any atom is 0.330 e. The highest BCUT2D eigenvalue weighted by atomic mass is 16.5. The van der Waals surface area contributed by atoms with Crippen LogP contribution in [0.25, 0.3) is 0 Å². The van der Waals surface area contributed by atoms with Crippen LogP contribution in [0.4, 0.5) is 0 Å². The van der Waals surface area contributed by atoms with Gasteiger partial charge in [0.05, 0.1) is 0 Å². The third kappa shape index (κ3) is 42.9. The molecule has 0 heterocycles. The number of carbonyl (C=O) groups is 3. The molecule has 8 nitrogen and oxygen atoms in total. The van der Waals surface area contributed by atoms with E-state index in [4.69, 9.17) is 20.4 Å². The zero-order chi connectivity index (χ0) is 21.7. The Kier molecular flexibility index (Phi) is 26.7.